The molecule has 0 spiro atoms. The van der Waals surface area contributed by atoms with E-state index in [0.29, 0.717) is 17.1 Å². The van der Waals surface area contributed by atoms with Gasteiger partial charge in [-0.25, -0.2) is 14.3 Å². The third kappa shape index (κ3) is 4.13. The van der Waals surface area contributed by atoms with Crippen LogP contribution in [0.25, 0.3) is 22.6 Å². The van der Waals surface area contributed by atoms with Crippen molar-refractivity contribution in [3.05, 3.63) is 71.1 Å². The van der Waals surface area contributed by atoms with Crippen molar-refractivity contribution in [2.45, 2.75) is 13.3 Å². The molecule has 0 saturated heterocycles. The maximum atomic E-state index is 12.3. The van der Waals surface area contributed by atoms with Crippen LogP contribution in [0.2, 0.25) is 0 Å². The number of ether oxygens (including phenoxy) is 1. The van der Waals surface area contributed by atoms with Gasteiger partial charge < -0.3 is 4.74 Å². The summed E-state index contributed by atoms with van der Waals surface area (Å²) >= 11 is 0. The van der Waals surface area contributed by atoms with Gasteiger partial charge in [-0.15, -0.1) is 5.10 Å². The second kappa shape index (κ2) is 7.92. The maximum absolute atomic E-state index is 12.3. The van der Waals surface area contributed by atoms with Gasteiger partial charge in [0.15, 0.2) is 5.82 Å². The summed E-state index contributed by atoms with van der Waals surface area (Å²) in [5.41, 5.74) is 1.39. The zero-order valence-corrected chi connectivity index (χ0v) is 14.8. The van der Waals surface area contributed by atoms with Crippen molar-refractivity contribution in [2.75, 3.05) is 0 Å². The summed E-state index contributed by atoms with van der Waals surface area (Å²) in [4.78, 5) is 16.1. The first-order valence-electron chi connectivity index (χ1n) is 8.41. The van der Waals surface area contributed by atoms with Crippen LogP contribution in [0.3, 0.4) is 0 Å². The molecule has 29 heavy (non-hydrogen) atoms. The van der Waals surface area contributed by atoms with Crippen LogP contribution >= 0.6 is 0 Å². The summed E-state index contributed by atoms with van der Waals surface area (Å²) in [6.07, 6.45) is 1.33. The van der Waals surface area contributed by atoms with Gasteiger partial charge in [-0.2, -0.15) is 13.9 Å². The highest BCUT2D eigenvalue weighted by Crippen LogP contribution is 2.19. The van der Waals surface area contributed by atoms with Gasteiger partial charge in [0.25, 0.3) is 5.56 Å². The van der Waals surface area contributed by atoms with Crippen LogP contribution in [0.4, 0.5) is 8.78 Å². The highest BCUT2D eigenvalue weighted by molar-refractivity contribution is 5.57. The van der Waals surface area contributed by atoms with Crippen molar-refractivity contribution in [3.63, 3.8) is 0 Å². The molecule has 11 heteroatoms. The summed E-state index contributed by atoms with van der Waals surface area (Å²) in [6.45, 7) is -2.97. The molecule has 0 saturated carbocycles. The molecule has 0 N–H and O–H groups in total. The molecule has 0 atom stereocenters. The van der Waals surface area contributed by atoms with Crippen LogP contribution in [0, 0.1) is 0 Å². The normalized spacial score (nSPS) is 11.0. The number of aromatic nitrogens is 7. The number of tetrazole rings is 1. The van der Waals surface area contributed by atoms with E-state index < -0.39 is 6.61 Å². The SMILES string of the molecule is O=c1ccc(-c2ccc(OC(F)F)nc2)nn1Cn1nnnc1-c1ccccc1. The molecule has 0 radical (unpaired) electrons. The van der Waals surface area contributed by atoms with E-state index in [9.17, 15) is 13.6 Å². The van der Waals surface area contributed by atoms with E-state index >= 15 is 0 Å². The molecule has 9 nitrogen and oxygen atoms in total. The topological polar surface area (TPSA) is 101 Å². The molecular formula is C18H13F2N7O2. The summed E-state index contributed by atoms with van der Waals surface area (Å²) in [5.74, 6) is 0.276. The van der Waals surface area contributed by atoms with Gasteiger partial charge in [0.2, 0.25) is 5.88 Å². The van der Waals surface area contributed by atoms with Gasteiger partial charge >= 0.3 is 6.61 Å². The van der Waals surface area contributed by atoms with E-state index in [4.69, 9.17) is 0 Å². The Kier molecular flexibility index (Phi) is 5.01. The van der Waals surface area contributed by atoms with E-state index in [2.05, 4.69) is 30.3 Å². The molecule has 0 bridgehead atoms. The number of halogens is 2. The fourth-order valence-electron chi connectivity index (χ4n) is 2.62. The zero-order chi connectivity index (χ0) is 20.2. The molecular weight excluding hydrogens is 384 g/mol. The van der Waals surface area contributed by atoms with Crippen LogP contribution in [-0.4, -0.2) is 41.6 Å². The van der Waals surface area contributed by atoms with E-state index in [1.54, 1.807) is 0 Å². The zero-order valence-electron chi connectivity index (χ0n) is 14.8. The van der Waals surface area contributed by atoms with Gasteiger partial charge in [-0.3, -0.25) is 4.79 Å². The van der Waals surface area contributed by atoms with E-state index in [0.717, 1.165) is 5.56 Å². The number of hydrogen-bond acceptors (Lipinski definition) is 7. The molecule has 4 aromatic rings. The van der Waals surface area contributed by atoms with Crippen molar-refractivity contribution in [3.8, 4) is 28.5 Å². The quantitative estimate of drug-likeness (QED) is 0.491. The smallest absolute Gasteiger partial charge is 0.388 e. The fraction of sp³-hybridized carbons (Fsp3) is 0.111. The van der Waals surface area contributed by atoms with Gasteiger partial charge in [0, 0.05) is 29.5 Å². The second-order valence-corrected chi connectivity index (χ2v) is 5.83. The van der Waals surface area contributed by atoms with Crippen LogP contribution < -0.4 is 10.3 Å². The van der Waals surface area contributed by atoms with Crippen LogP contribution in [0.15, 0.2) is 65.6 Å². The molecule has 1 aromatic carbocycles. The van der Waals surface area contributed by atoms with Gasteiger partial charge in [-0.05, 0) is 22.6 Å². The molecule has 0 amide bonds. The minimum Gasteiger partial charge on any atom is -0.417 e. The number of hydrogen-bond donors (Lipinski definition) is 0. The standard InChI is InChI=1S/C18H13F2N7O2/c19-18(20)29-15-8-6-13(10-21-15)14-7-9-16(28)26(23-14)11-27-17(22-24-25-27)12-4-2-1-3-5-12/h1-10,18H,11H2. The predicted octanol–water partition coefficient (Wildman–Crippen LogP) is 2.07. The minimum atomic E-state index is -2.96. The van der Waals surface area contributed by atoms with Crippen molar-refractivity contribution in [1.29, 1.82) is 0 Å². The van der Waals surface area contributed by atoms with Gasteiger partial charge in [0.1, 0.15) is 6.67 Å². The first-order valence-corrected chi connectivity index (χ1v) is 8.41. The van der Waals surface area contributed by atoms with Crippen molar-refractivity contribution in [2.24, 2.45) is 0 Å². The fourth-order valence-corrected chi connectivity index (χ4v) is 2.62. The maximum Gasteiger partial charge on any atom is 0.388 e. The summed E-state index contributed by atoms with van der Waals surface area (Å²) in [6, 6.07) is 15.0. The van der Waals surface area contributed by atoms with Crippen molar-refractivity contribution >= 4 is 0 Å². The number of benzene rings is 1. The van der Waals surface area contributed by atoms with E-state index in [1.165, 1.54) is 39.8 Å². The summed E-state index contributed by atoms with van der Waals surface area (Å²) < 4.78 is 31.4. The lowest BCUT2D eigenvalue weighted by molar-refractivity contribution is -0.0528. The molecule has 146 valence electrons. The Labute approximate surface area is 162 Å². The van der Waals surface area contributed by atoms with Crippen molar-refractivity contribution in [1.82, 2.24) is 35.0 Å². The average molecular weight is 397 g/mol. The average Bonchev–Trinajstić information content (AvgIpc) is 3.19. The Bertz CT molecular complexity index is 1160. The summed E-state index contributed by atoms with van der Waals surface area (Å²) in [7, 11) is 0. The Balaban J connectivity index is 1.62. The predicted molar refractivity (Wildman–Crippen MR) is 97.0 cm³/mol. The lowest BCUT2D eigenvalue weighted by Gasteiger charge is -2.09. The second-order valence-electron chi connectivity index (χ2n) is 5.83. The molecule has 0 fully saturated rings. The highest BCUT2D eigenvalue weighted by Gasteiger charge is 2.12. The van der Waals surface area contributed by atoms with Crippen molar-refractivity contribution < 1.29 is 13.5 Å². The van der Waals surface area contributed by atoms with E-state index in [-0.39, 0.29) is 18.1 Å². The molecule has 4 rings (SSSR count). The van der Waals surface area contributed by atoms with Crippen LogP contribution in [-0.2, 0) is 6.67 Å². The number of rotatable bonds is 6. The third-order valence-electron chi connectivity index (χ3n) is 3.94. The Hall–Kier alpha value is -4.02. The molecule has 0 aliphatic carbocycles. The number of alkyl halides is 2. The molecule has 3 aromatic heterocycles. The monoisotopic (exact) mass is 397 g/mol. The Morgan fingerprint density at radius 1 is 0.966 bits per heavy atom. The van der Waals surface area contributed by atoms with Gasteiger partial charge in [0.05, 0.1) is 5.69 Å². The first-order chi connectivity index (χ1) is 14.1. The number of pyridine rings is 1. The van der Waals surface area contributed by atoms with Crippen LogP contribution in [0.1, 0.15) is 0 Å². The van der Waals surface area contributed by atoms with E-state index in [1.807, 2.05) is 30.3 Å². The lowest BCUT2D eigenvalue weighted by atomic mass is 10.2. The largest absolute Gasteiger partial charge is 0.417 e. The molecule has 0 aliphatic heterocycles. The molecule has 0 unspecified atom stereocenters. The van der Waals surface area contributed by atoms with Gasteiger partial charge in [-0.1, -0.05) is 30.3 Å². The molecule has 0 aliphatic rings. The lowest BCUT2D eigenvalue weighted by Crippen LogP contribution is -2.26. The Morgan fingerprint density at radius 3 is 2.52 bits per heavy atom. The Morgan fingerprint density at radius 2 is 1.79 bits per heavy atom. The summed E-state index contributed by atoms with van der Waals surface area (Å²) in [5, 5.41) is 15.9. The number of nitrogens with zero attached hydrogens (tertiary/aromatic N) is 7. The minimum absolute atomic E-state index is 0.0100. The van der Waals surface area contributed by atoms with Crippen LogP contribution in [0.5, 0.6) is 5.88 Å². The first kappa shape index (κ1) is 18.3. The third-order valence-corrected chi connectivity index (χ3v) is 3.94. The molecule has 3 heterocycles. The highest BCUT2D eigenvalue weighted by atomic mass is 19.3.